The van der Waals surface area contributed by atoms with Gasteiger partial charge in [0.2, 0.25) is 21.8 Å². The third-order valence-electron chi connectivity index (χ3n) is 5.69. The van der Waals surface area contributed by atoms with Gasteiger partial charge in [-0.1, -0.05) is 41.1 Å². The number of aryl methyl sites for hydroxylation is 1. The Balaban J connectivity index is 2.46. The first-order chi connectivity index (χ1) is 16.4. The van der Waals surface area contributed by atoms with Crippen LogP contribution in [0.25, 0.3) is 0 Å². The standard InChI is InChI=1S/C25H34BrN3O5S/c1-7-18(3)27-25(31)19(4)28(15-20-9-8-10-21(26)14-20)24(30)16-29(35(6,32)33)22-13-17(2)11-12-23(22)34-5/h8-14,18-19H,7,15-16H2,1-6H3,(H,27,31)/t18-,19+/m0/s1. The van der Waals surface area contributed by atoms with E-state index in [2.05, 4.69) is 21.2 Å². The minimum atomic E-state index is -3.85. The number of anilines is 1. The average molecular weight is 569 g/mol. The molecule has 0 saturated carbocycles. The van der Waals surface area contributed by atoms with Crippen molar-refractivity contribution in [2.75, 3.05) is 24.2 Å². The van der Waals surface area contributed by atoms with Crippen LogP contribution in [0.4, 0.5) is 5.69 Å². The van der Waals surface area contributed by atoms with E-state index >= 15 is 0 Å². The number of nitrogens with zero attached hydrogens (tertiary/aromatic N) is 2. The molecule has 2 aromatic carbocycles. The van der Waals surface area contributed by atoms with Crippen molar-refractivity contribution < 1.29 is 22.7 Å². The van der Waals surface area contributed by atoms with Crippen molar-refractivity contribution in [1.29, 1.82) is 0 Å². The second-order valence-corrected chi connectivity index (χ2v) is 11.4. The summed E-state index contributed by atoms with van der Waals surface area (Å²) in [4.78, 5) is 28.0. The summed E-state index contributed by atoms with van der Waals surface area (Å²) in [6, 6.07) is 11.6. The molecule has 0 aliphatic rings. The smallest absolute Gasteiger partial charge is 0.244 e. The van der Waals surface area contributed by atoms with Crippen molar-refractivity contribution in [3.05, 3.63) is 58.1 Å². The molecule has 0 spiro atoms. The van der Waals surface area contributed by atoms with E-state index in [9.17, 15) is 18.0 Å². The van der Waals surface area contributed by atoms with Crippen LogP contribution in [0.2, 0.25) is 0 Å². The Morgan fingerprint density at radius 1 is 1.14 bits per heavy atom. The van der Waals surface area contributed by atoms with Crippen molar-refractivity contribution >= 4 is 43.5 Å². The monoisotopic (exact) mass is 567 g/mol. The quantitative estimate of drug-likeness (QED) is 0.444. The van der Waals surface area contributed by atoms with E-state index in [1.165, 1.54) is 12.0 Å². The lowest BCUT2D eigenvalue weighted by molar-refractivity contribution is -0.139. The summed E-state index contributed by atoms with van der Waals surface area (Å²) < 4.78 is 32.8. The van der Waals surface area contributed by atoms with E-state index in [0.29, 0.717) is 5.75 Å². The molecule has 8 nitrogen and oxygen atoms in total. The highest BCUT2D eigenvalue weighted by Gasteiger charge is 2.31. The zero-order valence-electron chi connectivity index (χ0n) is 21.0. The summed E-state index contributed by atoms with van der Waals surface area (Å²) in [5, 5.41) is 2.91. The molecule has 0 heterocycles. The lowest BCUT2D eigenvalue weighted by Gasteiger charge is -2.32. The van der Waals surface area contributed by atoms with E-state index in [-0.39, 0.29) is 24.2 Å². The van der Waals surface area contributed by atoms with Crippen LogP contribution in [-0.2, 0) is 26.2 Å². The Morgan fingerprint density at radius 3 is 2.40 bits per heavy atom. The van der Waals surface area contributed by atoms with Crippen LogP contribution in [0, 0.1) is 6.92 Å². The van der Waals surface area contributed by atoms with Crippen molar-refractivity contribution in [2.24, 2.45) is 0 Å². The van der Waals surface area contributed by atoms with Gasteiger partial charge in [0, 0.05) is 17.1 Å². The number of carbonyl (C=O) groups is 2. The van der Waals surface area contributed by atoms with Gasteiger partial charge < -0.3 is 15.0 Å². The Morgan fingerprint density at radius 2 is 1.83 bits per heavy atom. The predicted molar refractivity (Wildman–Crippen MR) is 142 cm³/mol. The molecule has 35 heavy (non-hydrogen) atoms. The Bertz CT molecular complexity index is 1160. The van der Waals surface area contributed by atoms with E-state index in [0.717, 1.165) is 32.6 Å². The number of nitrogens with one attached hydrogen (secondary N) is 1. The van der Waals surface area contributed by atoms with Crippen LogP contribution in [0.15, 0.2) is 46.9 Å². The fraction of sp³-hybridized carbons (Fsp3) is 0.440. The Hall–Kier alpha value is -2.59. The molecule has 2 atom stereocenters. The molecular weight excluding hydrogens is 534 g/mol. The van der Waals surface area contributed by atoms with Crippen molar-refractivity contribution in [2.45, 2.75) is 52.7 Å². The number of halogens is 1. The average Bonchev–Trinajstić information content (AvgIpc) is 2.79. The number of benzene rings is 2. The summed E-state index contributed by atoms with van der Waals surface area (Å²) in [6.07, 6.45) is 1.78. The molecule has 0 aliphatic carbocycles. The topological polar surface area (TPSA) is 96.0 Å². The van der Waals surface area contributed by atoms with Gasteiger partial charge in [0.25, 0.3) is 0 Å². The zero-order valence-corrected chi connectivity index (χ0v) is 23.4. The first-order valence-corrected chi connectivity index (χ1v) is 14.0. The fourth-order valence-corrected chi connectivity index (χ4v) is 4.76. The van der Waals surface area contributed by atoms with Crippen LogP contribution in [-0.4, -0.2) is 57.1 Å². The van der Waals surface area contributed by atoms with E-state index in [1.54, 1.807) is 25.1 Å². The molecule has 0 aromatic heterocycles. The van der Waals surface area contributed by atoms with Gasteiger partial charge in [0.1, 0.15) is 18.3 Å². The third kappa shape index (κ3) is 7.96. The van der Waals surface area contributed by atoms with Crippen LogP contribution >= 0.6 is 15.9 Å². The number of ether oxygens (including phenoxy) is 1. The van der Waals surface area contributed by atoms with Gasteiger partial charge in [-0.3, -0.25) is 13.9 Å². The molecule has 10 heteroatoms. The normalized spacial score (nSPS) is 13.0. The fourth-order valence-electron chi connectivity index (χ4n) is 3.47. The minimum Gasteiger partial charge on any atom is -0.495 e. The maximum atomic E-state index is 13.6. The van der Waals surface area contributed by atoms with Crippen LogP contribution < -0.4 is 14.4 Å². The number of carbonyl (C=O) groups excluding carboxylic acids is 2. The van der Waals surface area contributed by atoms with Gasteiger partial charge >= 0.3 is 0 Å². The second kappa shape index (κ2) is 12.4. The van der Waals surface area contributed by atoms with Gasteiger partial charge in [-0.25, -0.2) is 8.42 Å². The van der Waals surface area contributed by atoms with Crippen LogP contribution in [0.5, 0.6) is 5.75 Å². The molecule has 2 rings (SSSR count). The number of hydrogen-bond donors (Lipinski definition) is 1. The summed E-state index contributed by atoms with van der Waals surface area (Å²) >= 11 is 3.43. The molecular formula is C25H34BrN3O5S. The summed E-state index contributed by atoms with van der Waals surface area (Å²) in [6.45, 7) is 6.97. The Labute approximate surface area is 216 Å². The minimum absolute atomic E-state index is 0.0585. The van der Waals surface area contributed by atoms with Gasteiger partial charge in [0.05, 0.1) is 19.1 Å². The first-order valence-electron chi connectivity index (χ1n) is 11.3. The zero-order chi connectivity index (χ0) is 26.3. The molecule has 2 amide bonds. The first kappa shape index (κ1) is 28.6. The highest BCUT2D eigenvalue weighted by atomic mass is 79.9. The van der Waals surface area contributed by atoms with E-state index in [1.807, 2.05) is 45.0 Å². The van der Waals surface area contributed by atoms with Crippen molar-refractivity contribution in [3.8, 4) is 5.75 Å². The lowest BCUT2D eigenvalue weighted by Crippen LogP contribution is -2.52. The molecule has 0 aliphatic heterocycles. The van der Waals surface area contributed by atoms with E-state index < -0.39 is 28.5 Å². The molecule has 192 valence electrons. The highest BCUT2D eigenvalue weighted by molar-refractivity contribution is 9.10. The summed E-state index contributed by atoms with van der Waals surface area (Å²) in [5.74, 6) is -0.484. The SMILES string of the molecule is CC[C@H](C)NC(=O)[C@@H](C)N(Cc1cccc(Br)c1)C(=O)CN(c1cc(C)ccc1OC)S(C)(=O)=O. The maximum Gasteiger partial charge on any atom is 0.244 e. The Kier molecular flexibility index (Phi) is 10.1. The van der Waals surface area contributed by atoms with Gasteiger partial charge in [0.15, 0.2) is 0 Å². The third-order valence-corrected chi connectivity index (χ3v) is 7.31. The highest BCUT2D eigenvalue weighted by Crippen LogP contribution is 2.31. The number of methoxy groups -OCH3 is 1. The summed E-state index contributed by atoms with van der Waals surface area (Å²) in [5.41, 5.74) is 1.88. The predicted octanol–water partition coefficient (Wildman–Crippen LogP) is 3.86. The van der Waals surface area contributed by atoms with Gasteiger partial charge in [-0.05, 0) is 62.6 Å². The molecule has 0 saturated heterocycles. The maximum absolute atomic E-state index is 13.6. The van der Waals surface area contributed by atoms with Gasteiger partial charge in [-0.15, -0.1) is 0 Å². The summed E-state index contributed by atoms with van der Waals surface area (Å²) in [7, 11) is -2.40. The number of hydrogen-bond acceptors (Lipinski definition) is 5. The molecule has 0 bridgehead atoms. The molecule has 2 aromatic rings. The molecule has 0 radical (unpaired) electrons. The number of rotatable bonds is 11. The molecule has 0 fully saturated rings. The largest absolute Gasteiger partial charge is 0.495 e. The van der Waals surface area contributed by atoms with Crippen molar-refractivity contribution in [1.82, 2.24) is 10.2 Å². The lowest BCUT2D eigenvalue weighted by atomic mass is 10.1. The molecule has 0 unspecified atom stereocenters. The van der Waals surface area contributed by atoms with E-state index in [4.69, 9.17) is 4.74 Å². The van der Waals surface area contributed by atoms with Crippen molar-refractivity contribution in [3.63, 3.8) is 0 Å². The second-order valence-electron chi connectivity index (χ2n) is 8.59. The number of amides is 2. The van der Waals surface area contributed by atoms with Crippen LogP contribution in [0.1, 0.15) is 38.3 Å². The van der Waals surface area contributed by atoms with Crippen LogP contribution in [0.3, 0.4) is 0 Å². The van der Waals surface area contributed by atoms with Gasteiger partial charge in [-0.2, -0.15) is 0 Å². The molecule has 1 N–H and O–H groups in total. The number of sulfonamides is 1.